The van der Waals surface area contributed by atoms with E-state index in [4.69, 9.17) is 4.74 Å². The number of hydrogen-bond acceptors (Lipinski definition) is 3. The van der Waals surface area contributed by atoms with E-state index < -0.39 is 0 Å². The molecule has 138 valence electrons. The second-order valence-electron chi connectivity index (χ2n) is 8.15. The molecule has 0 radical (unpaired) electrons. The van der Waals surface area contributed by atoms with Gasteiger partial charge in [0.25, 0.3) is 0 Å². The van der Waals surface area contributed by atoms with Crippen LogP contribution in [0.5, 0.6) is 0 Å². The fraction of sp³-hybridized carbons (Fsp3) is 0.667. The average Bonchev–Trinajstić information content (AvgIpc) is 3.34. The van der Waals surface area contributed by atoms with Crippen LogP contribution in [-0.4, -0.2) is 31.2 Å². The van der Waals surface area contributed by atoms with E-state index in [0.717, 1.165) is 38.9 Å². The molecule has 1 aromatic rings. The lowest BCUT2D eigenvalue weighted by atomic mass is 9.88. The van der Waals surface area contributed by atoms with Crippen molar-refractivity contribution in [2.24, 2.45) is 11.3 Å². The molecule has 3 atom stereocenters. The smallest absolute Gasteiger partial charge is 0.223 e. The van der Waals surface area contributed by atoms with Crippen LogP contribution in [0.15, 0.2) is 30.3 Å². The summed E-state index contributed by atoms with van der Waals surface area (Å²) in [4.78, 5) is 12.6. The molecule has 1 saturated carbocycles. The maximum Gasteiger partial charge on any atom is 0.223 e. The lowest BCUT2D eigenvalue weighted by Crippen LogP contribution is -2.57. The standard InChI is InChI=1S/C21H32N2O2/c1-4-20(3)14-18(20)19(24)22-15-21(10-12-25-13-11-21)23-16(2)17-8-6-5-7-9-17/h5-9,16,18,23H,4,10-15H2,1-3H3,(H,22,24). The Morgan fingerprint density at radius 1 is 1.28 bits per heavy atom. The Bertz CT molecular complexity index is 583. The molecule has 3 unspecified atom stereocenters. The van der Waals surface area contributed by atoms with E-state index in [-0.39, 0.29) is 28.8 Å². The van der Waals surface area contributed by atoms with E-state index in [0.29, 0.717) is 6.54 Å². The van der Waals surface area contributed by atoms with Gasteiger partial charge < -0.3 is 15.4 Å². The minimum absolute atomic E-state index is 0.0827. The summed E-state index contributed by atoms with van der Waals surface area (Å²) in [5.74, 6) is 0.422. The van der Waals surface area contributed by atoms with Gasteiger partial charge in [-0.1, -0.05) is 44.2 Å². The second kappa shape index (κ2) is 7.46. The molecule has 0 spiro atoms. The number of amides is 1. The zero-order chi connectivity index (χ0) is 17.9. The topological polar surface area (TPSA) is 50.4 Å². The minimum Gasteiger partial charge on any atom is -0.381 e. The molecule has 4 nitrogen and oxygen atoms in total. The van der Waals surface area contributed by atoms with Crippen LogP contribution in [0.3, 0.4) is 0 Å². The summed E-state index contributed by atoms with van der Waals surface area (Å²) in [7, 11) is 0. The number of ether oxygens (including phenoxy) is 1. The van der Waals surface area contributed by atoms with Crippen LogP contribution in [0.4, 0.5) is 0 Å². The molecule has 1 amide bonds. The summed E-state index contributed by atoms with van der Waals surface area (Å²) in [5.41, 5.74) is 1.42. The second-order valence-corrected chi connectivity index (χ2v) is 8.15. The normalized spacial score (nSPS) is 29.0. The van der Waals surface area contributed by atoms with Gasteiger partial charge in [0.2, 0.25) is 5.91 Å². The summed E-state index contributed by atoms with van der Waals surface area (Å²) in [5, 5.41) is 7.05. The van der Waals surface area contributed by atoms with Gasteiger partial charge in [0.05, 0.1) is 0 Å². The molecule has 1 heterocycles. The Morgan fingerprint density at radius 3 is 2.56 bits per heavy atom. The summed E-state index contributed by atoms with van der Waals surface area (Å²) >= 11 is 0. The molecular weight excluding hydrogens is 312 g/mol. The number of carbonyl (C=O) groups is 1. The van der Waals surface area contributed by atoms with Crippen molar-refractivity contribution in [3.05, 3.63) is 35.9 Å². The molecule has 1 aromatic carbocycles. The first kappa shape index (κ1) is 18.4. The van der Waals surface area contributed by atoms with Gasteiger partial charge in [-0.05, 0) is 43.6 Å². The molecule has 1 saturated heterocycles. The van der Waals surface area contributed by atoms with Gasteiger partial charge in [0.1, 0.15) is 0 Å². The van der Waals surface area contributed by atoms with Crippen LogP contribution >= 0.6 is 0 Å². The van der Waals surface area contributed by atoms with Crippen LogP contribution < -0.4 is 10.6 Å². The number of benzene rings is 1. The molecule has 0 bridgehead atoms. The number of carbonyl (C=O) groups excluding carboxylic acids is 1. The highest BCUT2D eigenvalue weighted by Gasteiger charge is 2.53. The van der Waals surface area contributed by atoms with Gasteiger partial charge in [0, 0.05) is 37.3 Å². The number of hydrogen-bond donors (Lipinski definition) is 2. The fourth-order valence-corrected chi connectivity index (χ4v) is 4.01. The Balaban J connectivity index is 1.62. The summed E-state index contributed by atoms with van der Waals surface area (Å²) < 4.78 is 5.58. The maximum atomic E-state index is 12.6. The van der Waals surface area contributed by atoms with Gasteiger partial charge >= 0.3 is 0 Å². The van der Waals surface area contributed by atoms with Gasteiger partial charge in [-0.2, -0.15) is 0 Å². The lowest BCUT2D eigenvalue weighted by Gasteiger charge is -2.40. The molecule has 3 rings (SSSR count). The highest BCUT2D eigenvalue weighted by molar-refractivity contribution is 5.82. The quantitative estimate of drug-likeness (QED) is 0.797. The van der Waals surface area contributed by atoms with Crippen molar-refractivity contribution < 1.29 is 9.53 Å². The third kappa shape index (κ3) is 4.24. The van der Waals surface area contributed by atoms with Crippen molar-refractivity contribution in [3.8, 4) is 0 Å². The average molecular weight is 344 g/mol. The van der Waals surface area contributed by atoms with Crippen LogP contribution in [0.2, 0.25) is 0 Å². The van der Waals surface area contributed by atoms with Gasteiger partial charge in [-0.3, -0.25) is 4.79 Å². The van der Waals surface area contributed by atoms with Crippen molar-refractivity contribution >= 4 is 5.91 Å². The third-order valence-corrected chi connectivity index (χ3v) is 6.35. The highest BCUT2D eigenvalue weighted by Crippen LogP contribution is 2.54. The third-order valence-electron chi connectivity index (χ3n) is 6.35. The van der Waals surface area contributed by atoms with Crippen LogP contribution in [0, 0.1) is 11.3 Å². The van der Waals surface area contributed by atoms with Crippen LogP contribution in [-0.2, 0) is 9.53 Å². The van der Waals surface area contributed by atoms with Gasteiger partial charge in [-0.25, -0.2) is 0 Å². The summed E-state index contributed by atoms with van der Waals surface area (Å²) in [6.45, 7) is 8.78. The summed E-state index contributed by atoms with van der Waals surface area (Å²) in [6, 6.07) is 10.7. The lowest BCUT2D eigenvalue weighted by molar-refractivity contribution is -0.123. The van der Waals surface area contributed by atoms with Crippen molar-refractivity contribution in [1.82, 2.24) is 10.6 Å². The monoisotopic (exact) mass is 344 g/mol. The first-order valence-corrected chi connectivity index (χ1v) is 9.66. The zero-order valence-corrected chi connectivity index (χ0v) is 15.8. The highest BCUT2D eigenvalue weighted by atomic mass is 16.5. The molecule has 0 aromatic heterocycles. The predicted octanol–water partition coefficient (Wildman–Crippen LogP) is 3.44. The Labute approximate surface area is 151 Å². The molecule has 25 heavy (non-hydrogen) atoms. The summed E-state index contributed by atoms with van der Waals surface area (Å²) in [6.07, 6.45) is 3.97. The minimum atomic E-state index is -0.0827. The van der Waals surface area contributed by atoms with Crippen molar-refractivity contribution in [3.63, 3.8) is 0 Å². The van der Waals surface area contributed by atoms with Crippen molar-refractivity contribution in [1.29, 1.82) is 0 Å². The van der Waals surface area contributed by atoms with Gasteiger partial charge in [0.15, 0.2) is 0 Å². The first-order chi connectivity index (χ1) is 12.0. The Morgan fingerprint density at radius 2 is 1.96 bits per heavy atom. The Hall–Kier alpha value is -1.39. The fourth-order valence-electron chi connectivity index (χ4n) is 4.01. The van der Waals surface area contributed by atoms with Crippen molar-refractivity contribution in [2.75, 3.05) is 19.8 Å². The molecule has 2 N–H and O–H groups in total. The molecule has 1 aliphatic carbocycles. The molecule has 2 aliphatic rings. The van der Waals surface area contributed by atoms with E-state index >= 15 is 0 Å². The van der Waals surface area contributed by atoms with E-state index in [1.165, 1.54) is 5.56 Å². The molecule has 4 heteroatoms. The van der Waals surface area contributed by atoms with E-state index in [2.05, 4.69) is 55.7 Å². The number of rotatable bonds is 7. The van der Waals surface area contributed by atoms with E-state index in [9.17, 15) is 4.79 Å². The Kier molecular flexibility index (Phi) is 5.49. The van der Waals surface area contributed by atoms with E-state index in [1.807, 2.05) is 6.07 Å². The van der Waals surface area contributed by atoms with Crippen molar-refractivity contribution in [2.45, 2.75) is 58.0 Å². The maximum absolute atomic E-state index is 12.6. The largest absolute Gasteiger partial charge is 0.381 e. The molecule has 1 aliphatic heterocycles. The molecule has 2 fully saturated rings. The predicted molar refractivity (Wildman–Crippen MR) is 100 cm³/mol. The SMILES string of the molecule is CCC1(C)CC1C(=O)NCC1(NC(C)c2ccccc2)CCOCC1. The number of nitrogens with one attached hydrogen (secondary N) is 2. The first-order valence-electron chi connectivity index (χ1n) is 9.66. The zero-order valence-electron chi connectivity index (χ0n) is 15.8. The van der Waals surface area contributed by atoms with Crippen LogP contribution in [0.25, 0.3) is 0 Å². The van der Waals surface area contributed by atoms with Crippen LogP contribution in [0.1, 0.15) is 58.1 Å². The van der Waals surface area contributed by atoms with E-state index in [1.54, 1.807) is 0 Å². The van der Waals surface area contributed by atoms with Gasteiger partial charge in [-0.15, -0.1) is 0 Å². The molecular formula is C21H32N2O2.